The van der Waals surface area contributed by atoms with Crippen LogP contribution in [0.25, 0.3) is 11.3 Å². The standard InChI is InChI=1S/C12H11F3N2/c1-9-7-16-17(8-12(13,14)15)11(9)10-5-3-2-4-6-10/h2-7H,8H2,1H3. The molecule has 17 heavy (non-hydrogen) atoms. The molecule has 2 rings (SSSR count). The molecule has 0 aliphatic carbocycles. The molecule has 1 heterocycles. The van der Waals surface area contributed by atoms with Crippen LogP contribution in [0.2, 0.25) is 0 Å². The predicted octanol–water partition coefficient (Wildman–Crippen LogP) is 3.42. The summed E-state index contributed by atoms with van der Waals surface area (Å²) >= 11 is 0. The lowest BCUT2D eigenvalue weighted by atomic mass is 10.1. The Morgan fingerprint density at radius 3 is 2.41 bits per heavy atom. The molecule has 2 nitrogen and oxygen atoms in total. The van der Waals surface area contributed by atoms with Gasteiger partial charge in [-0.15, -0.1) is 0 Å². The minimum atomic E-state index is -4.26. The van der Waals surface area contributed by atoms with Crippen LogP contribution in [-0.2, 0) is 6.54 Å². The molecule has 0 aliphatic heterocycles. The second-order valence-electron chi connectivity index (χ2n) is 3.82. The topological polar surface area (TPSA) is 17.8 Å². The van der Waals surface area contributed by atoms with E-state index in [0.717, 1.165) is 15.8 Å². The maximum Gasteiger partial charge on any atom is 0.408 e. The van der Waals surface area contributed by atoms with E-state index >= 15 is 0 Å². The molecular weight excluding hydrogens is 229 g/mol. The van der Waals surface area contributed by atoms with Crippen molar-refractivity contribution in [1.29, 1.82) is 0 Å². The van der Waals surface area contributed by atoms with E-state index < -0.39 is 12.7 Å². The number of halogens is 3. The van der Waals surface area contributed by atoms with E-state index in [1.807, 2.05) is 6.07 Å². The number of aryl methyl sites for hydroxylation is 1. The molecule has 0 atom stereocenters. The summed E-state index contributed by atoms with van der Waals surface area (Å²) in [6.45, 7) is 0.688. The summed E-state index contributed by atoms with van der Waals surface area (Å²) in [5, 5.41) is 3.77. The normalized spacial score (nSPS) is 11.8. The second-order valence-corrected chi connectivity index (χ2v) is 3.82. The van der Waals surface area contributed by atoms with Gasteiger partial charge in [-0.2, -0.15) is 18.3 Å². The third-order valence-corrected chi connectivity index (χ3v) is 2.40. The average Bonchev–Trinajstić information content (AvgIpc) is 2.58. The van der Waals surface area contributed by atoms with Gasteiger partial charge in [-0.25, -0.2) is 0 Å². The summed E-state index contributed by atoms with van der Waals surface area (Å²) in [6, 6.07) is 8.95. The van der Waals surface area contributed by atoms with Gasteiger partial charge in [0.05, 0.1) is 11.9 Å². The Morgan fingerprint density at radius 2 is 1.82 bits per heavy atom. The van der Waals surface area contributed by atoms with E-state index in [1.165, 1.54) is 6.20 Å². The van der Waals surface area contributed by atoms with Crippen molar-refractivity contribution < 1.29 is 13.2 Å². The van der Waals surface area contributed by atoms with Gasteiger partial charge >= 0.3 is 6.18 Å². The fourth-order valence-corrected chi connectivity index (χ4v) is 1.74. The van der Waals surface area contributed by atoms with Gasteiger partial charge in [0.2, 0.25) is 0 Å². The maximum absolute atomic E-state index is 12.4. The lowest BCUT2D eigenvalue weighted by Crippen LogP contribution is -2.19. The zero-order valence-corrected chi connectivity index (χ0v) is 9.20. The van der Waals surface area contributed by atoms with Gasteiger partial charge in [0.25, 0.3) is 0 Å². The predicted molar refractivity (Wildman–Crippen MR) is 58.5 cm³/mol. The van der Waals surface area contributed by atoms with Crippen molar-refractivity contribution in [2.75, 3.05) is 0 Å². The lowest BCUT2D eigenvalue weighted by Gasteiger charge is -2.11. The van der Waals surface area contributed by atoms with Gasteiger partial charge < -0.3 is 0 Å². The summed E-state index contributed by atoms with van der Waals surface area (Å²) < 4.78 is 38.1. The number of hydrogen-bond acceptors (Lipinski definition) is 1. The number of rotatable bonds is 2. The fourth-order valence-electron chi connectivity index (χ4n) is 1.74. The molecule has 0 fully saturated rings. The first-order valence-electron chi connectivity index (χ1n) is 5.12. The van der Waals surface area contributed by atoms with Crippen LogP contribution in [0.15, 0.2) is 36.5 Å². The largest absolute Gasteiger partial charge is 0.408 e. The number of aromatic nitrogens is 2. The van der Waals surface area contributed by atoms with E-state index in [9.17, 15) is 13.2 Å². The Labute approximate surface area is 96.7 Å². The summed E-state index contributed by atoms with van der Waals surface area (Å²) in [7, 11) is 0. The smallest absolute Gasteiger partial charge is 0.255 e. The molecule has 90 valence electrons. The third-order valence-electron chi connectivity index (χ3n) is 2.40. The van der Waals surface area contributed by atoms with Crippen LogP contribution in [0.1, 0.15) is 5.56 Å². The van der Waals surface area contributed by atoms with Crippen LogP contribution >= 0.6 is 0 Å². The highest BCUT2D eigenvalue weighted by atomic mass is 19.4. The summed E-state index contributed by atoms with van der Waals surface area (Å²) in [5.41, 5.74) is 2.00. The zero-order chi connectivity index (χ0) is 12.5. The van der Waals surface area contributed by atoms with Crippen LogP contribution in [0.5, 0.6) is 0 Å². The van der Waals surface area contributed by atoms with Crippen molar-refractivity contribution in [3.63, 3.8) is 0 Å². The Balaban J connectivity index is 2.44. The van der Waals surface area contributed by atoms with Crippen molar-refractivity contribution in [3.05, 3.63) is 42.1 Å². The van der Waals surface area contributed by atoms with Crippen molar-refractivity contribution in [2.24, 2.45) is 0 Å². The number of alkyl halides is 3. The molecule has 2 aromatic rings. The van der Waals surface area contributed by atoms with E-state index in [1.54, 1.807) is 31.2 Å². The quantitative estimate of drug-likeness (QED) is 0.786. The lowest BCUT2D eigenvalue weighted by molar-refractivity contribution is -0.142. The number of hydrogen-bond donors (Lipinski definition) is 0. The van der Waals surface area contributed by atoms with E-state index in [-0.39, 0.29) is 0 Å². The Kier molecular flexibility index (Phi) is 2.92. The Bertz CT molecular complexity index is 500. The van der Waals surface area contributed by atoms with Gasteiger partial charge in [0.1, 0.15) is 6.54 Å². The summed E-state index contributed by atoms with van der Waals surface area (Å²) in [5.74, 6) is 0. The first kappa shape index (κ1) is 11.7. The molecule has 0 saturated heterocycles. The highest BCUT2D eigenvalue weighted by molar-refractivity contribution is 5.62. The Morgan fingerprint density at radius 1 is 1.18 bits per heavy atom. The van der Waals surface area contributed by atoms with Gasteiger partial charge in [0, 0.05) is 5.56 Å². The highest BCUT2D eigenvalue weighted by Crippen LogP contribution is 2.26. The van der Waals surface area contributed by atoms with Crippen LogP contribution < -0.4 is 0 Å². The van der Waals surface area contributed by atoms with E-state index in [2.05, 4.69) is 5.10 Å². The van der Waals surface area contributed by atoms with Gasteiger partial charge in [0.15, 0.2) is 0 Å². The van der Waals surface area contributed by atoms with Crippen molar-refractivity contribution in [1.82, 2.24) is 9.78 Å². The molecule has 0 aliphatic rings. The minimum Gasteiger partial charge on any atom is -0.255 e. The van der Waals surface area contributed by atoms with E-state index in [4.69, 9.17) is 0 Å². The molecule has 0 spiro atoms. The van der Waals surface area contributed by atoms with Gasteiger partial charge in [-0.1, -0.05) is 30.3 Å². The number of benzene rings is 1. The molecule has 0 amide bonds. The molecule has 0 saturated carbocycles. The average molecular weight is 240 g/mol. The van der Waals surface area contributed by atoms with Crippen LogP contribution in [0, 0.1) is 6.92 Å². The SMILES string of the molecule is Cc1cnn(CC(F)(F)F)c1-c1ccccc1. The molecule has 1 aromatic heterocycles. The van der Waals surface area contributed by atoms with Crippen LogP contribution in [0.4, 0.5) is 13.2 Å². The molecule has 0 radical (unpaired) electrons. The molecule has 0 unspecified atom stereocenters. The number of nitrogens with zero attached hydrogens (tertiary/aromatic N) is 2. The minimum absolute atomic E-state index is 0.517. The van der Waals surface area contributed by atoms with E-state index in [0.29, 0.717) is 5.69 Å². The van der Waals surface area contributed by atoms with Crippen LogP contribution in [-0.4, -0.2) is 16.0 Å². The van der Waals surface area contributed by atoms with Crippen LogP contribution in [0.3, 0.4) is 0 Å². The summed E-state index contributed by atoms with van der Waals surface area (Å²) in [4.78, 5) is 0. The Hall–Kier alpha value is -1.78. The molecule has 0 N–H and O–H groups in total. The summed E-state index contributed by atoms with van der Waals surface area (Å²) in [6.07, 6.45) is -2.81. The fraction of sp³-hybridized carbons (Fsp3) is 0.250. The molecular formula is C12H11F3N2. The van der Waals surface area contributed by atoms with Crippen molar-refractivity contribution >= 4 is 0 Å². The van der Waals surface area contributed by atoms with Gasteiger partial charge in [-0.05, 0) is 12.5 Å². The monoisotopic (exact) mass is 240 g/mol. The van der Waals surface area contributed by atoms with Gasteiger partial charge in [-0.3, -0.25) is 4.68 Å². The molecule has 5 heteroatoms. The third kappa shape index (κ3) is 2.67. The first-order chi connectivity index (χ1) is 7.97. The zero-order valence-electron chi connectivity index (χ0n) is 9.20. The van der Waals surface area contributed by atoms with Crippen molar-refractivity contribution in [2.45, 2.75) is 19.6 Å². The highest BCUT2D eigenvalue weighted by Gasteiger charge is 2.30. The molecule has 1 aromatic carbocycles. The van der Waals surface area contributed by atoms with Crippen molar-refractivity contribution in [3.8, 4) is 11.3 Å². The maximum atomic E-state index is 12.4. The first-order valence-corrected chi connectivity index (χ1v) is 5.12. The second kappa shape index (κ2) is 4.24. The molecule has 0 bridgehead atoms.